The number of halogens is 1. The number of ether oxygens (including phenoxy) is 1. The fourth-order valence-electron chi connectivity index (χ4n) is 1.12. The van der Waals surface area contributed by atoms with E-state index in [0.717, 1.165) is 5.69 Å². The molecule has 1 aromatic rings. The van der Waals surface area contributed by atoms with Gasteiger partial charge in [0.2, 0.25) is 0 Å². The van der Waals surface area contributed by atoms with Crippen molar-refractivity contribution in [3.05, 3.63) is 23.8 Å². The first-order valence-electron chi connectivity index (χ1n) is 4.11. The first kappa shape index (κ1) is 10.9. The summed E-state index contributed by atoms with van der Waals surface area (Å²) in [6.45, 7) is 0. The van der Waals surface area contributed by atoms with Crippen LogP contribution in [0.5, 0.6) is 5.75 Å². The normalized spacial score (nSPS) is 9.71. The molecule has 0 aliphatic heterocycles. The lowest BCUT2D eigenvalue weighted by Crippen LogP contribution is -2.09. The summed E-state index contributed by atoms with van der Waals surface area (Å²) in [5, 5.41) is -0.507. The molecule has 0 amide bonds. The highest BCUT2D eigenvalue weighted by atomic mass is 35.5. The predicted molar refractivity (Wildman–Crippen MR) is 57.5 cm³/mol. The van der Waals surface area contributed by atoms with Gasteiger partial charge in [0.1, 0.15) is 5.75 Å². The van der Waals surface area contributed by atoms with Gasteiger partial charge in [-0.25, -0.2) is 0 Å². The molecule has 0 unspecified atom stereocenters. The molecular weight excluding hydrogens is 202 g/mol. The zero-order chi connectivity index (χ0) is 10.7. The Hall–Kier alpha value is -1.22. The van der Waals surface area contributed by atoms with E-state index in [9.17, 15) is 4.79 Å². The van der Waals surface area contributed by atoms with Gasteiger partial charge >= 0.3 is 0 Å². The molecule has 76 valence electrons. The van der Waals surface area contributed by atoms with Gasteiger partial charge in [0.15, 0.2) is 0 Å². The Morgan fingerprint density at radius 1 is 1.43 bits per heavy atom. The Morgan fingerprint density at radius 2 is 2.07 bits per heavy atom. The van der Waals surface area contributed by atoms with E-state index < -0.39 is 5.24 Å². The maximum Gasteiger partial charge on any atom is 0.256 e. The standard InChI is InChI=1S/C10H12ClNO2/c1-12(2)7-4-5-8(10(11)13)9(6-7)14-3/h4-6H,1-3H3. The average Bonchev–Trinajstić information content (AvgIpc) is 2.16. The third-order valence-electron chi connectivity index (χ3n) is 1.91. The number of carbonyl (C=O) groups is 1. The molecule has 0 N–H and O–H groups in total. The molecule has 0 spiro atoms. The minimum Gasteiger partial charge on any atom is -0.496 e. The molecule has 0 saturated carbocycles. The minimum atomic E-state index is -0.507. The Balaban J connectivity index is 3.18. The number of carbonyl (C=O) groups excluding carboxylic acids is 1. The van der Waals surface area contributed by atoms with Crippen LogP contribution in [0.4, 0.5) is 5.69 Å². The van der Waals surface area contributed by atoms with Gasteiger partial charge in [-0.2, -0.15) is 0 Å². The Morgan fingerprint density at radius 3 is 2.50 bits per heavy atom. The first-order chi connectivity index (χ1) is 6.56. The largest absolute Gasteiger partial charge is 0.496 e. The number of hydrogen-bond donors (Lipinski definition) is 0. The summed E-state index contributed by atoms with van der Waals surface area (Å²) in [6, 6.07) is 5.25. The number of hydrogen-bond acceptors (Lipinski definition) is 3. The highest BCUT2D eigenvalue weighted by Gasteiger charge is 2.10. The van der Waals surface area contributed by atoms with Crippen LogP contribution >= 0.6 is 11.6 Å². The number of nitrogens with zero attached hydrogens (tertiary/aromatic N) is 1. The molecule has 0 aliphatic carbocycles. The van der Waals surface area contributed by atoms with Crippen molar-refractivity contribution in [2.45, 2.75) is 0 Å². The summed E-state index contributed by atoms with van der Waals surface area (Å²) >= 11 is 5.39. The van der Waals surface area contributed by atoms with Gasteiger partial charge in [-0.3, -0.25) is 4.79 Å². The molecule has 0 heterocycles. The van der Waals surface area contributed by atoms with E-state index in [1.807, 2.05) is 25.1 Å². The highest BCUT2D eigenvalue weighted by molar-refractivity contribution is 6.68. The molecule has 0 saturated heterocycles. The highest BCUT2D eigenvalue weighted by Crippen LogP contribution is 2.25. The molecule has 0 aliphatic rings. The quantitative estimate of drug-likeness (QED) is 0.721. The van der Waals surface area contributed by atoms with Gasteiger partial charge in [0.25, 0.3) is 5.24 Å². The molecule has 1 rings (SSSR count). The second-order valence-electron chi connectivity index (χ2n) is 3.05. The van der Waals surface area contributed by atoms with Crippen LogP contribution < -0.4 is 9.64 Å². The molecule has 0 fully saturated rings. The summed E-state index contributed by atoms with van der Waals surface area (Å²) in [5.74, 6) is 0.496. The third kappa shape index (κ3) is 2.17. The summed E-state index contributed by atoms with van der Waals surface area (Å²) in [4.78, 5) is 12.9. The van der Waals surface area contributed by atoms with E-state index in [1.165, 1.54) is 7.11 Å². The molecule has 14 heavy (non-hydrogen) atoms. The molecule has 4 heteroatoms. The monoisotopic (exact) mass is 213 g/mol. The van der Waals surface area contributed by atoms with E-state index in [1.54, 1.807) is 12.1 Å². The van der Waals surface area contributed by atoms with Crippen LogP contribution in [-0.4, -0.2) is 26.4 Å². The Labute approximate surface area is 88.2 Å². The van der Waals surface area contributed by atoms with Crippen molar-refractivity contribution >= 4 is 22.5 Å². The topological polar surface area (TPSA) is 29.5 Å². The Bertz CT molecular complexity index is 350. The number of benzene rings is 1. The third-order valence-corrected chi connectivity index (χ3v) is 2.12. The zero-order valence-electron chi connectivity index (χ0n) is 8.37. The predicted octanol–water partition coefficient (Wildman–Crippen LogP) is 2.14. The van der Waals surface area contributed by atoms with Crippen LogP contribution in [0.25, 0.3) is 0 Å². The van der Waals surface area contributed by atoms with Crippen molar-refractivity contribution in [3.8, 4) is 5.75 Å². The van der Waals surface area contributed by atoms with Crippen LogP contribution in [-0.2, 0) is 0 Å². The van der Waals surface area contributed by atoms with Crippen molar-refractivity contribution in [3.63, 3.8) is 0 Å². The SMILES string of the molecule is COc1cc(N(C)C)ccc1C(=O)Cl. The van der Waals surface area contributed by atoms with Gasteiger partial charge in [0, 0.05) is 25.8 Å². The summed E-state index contributed by atoms with van der Waals surface area (Å²) in [6.07, 6.45) is 0. The van der Waals surface area contributed by atoms with E-state index in [4.69, 9.17) is 16.3 Å². The van der Waals surface area contributed by atoms with E-state index >= 15 is 0 Å². The van der Waals surface area contributed by atoms with Crippen molar-refractivity contribution in [2.75, 3.05) is 26.1 Å². The summed E-state index contributed by atoms with van der Waals surface area (Å²) < 4.78 is 5.07. The zero-order valence-corrected chi connectivity index (χ0v) is 9.13. The van der Waals surface area contributed by atoms with Gasteiger partial charge < -0.3 is 9.64 Å². The smallest absolute Gasteiger partial charge is 0.256 e. The van der Waals surface area contributed by atoms with Crippen LogP contribution in [0.1, 0.15) is 10.4 Å². The van der Waals surface area contributed by atoms with Gasteiger partial charge in [-0.15, -0.1) is 0 Å². The van der Waals surface area contributed by atoms with Gasteiger partial charge in [-0.1, -0.05) is 0 Å². The number of anilines is 1. The minimum absolute atomic E-state index is 0.389. The van der Waals surface area contributed by atoms with Crippen molar-refractivity contribution in [1.29, 1.82) is 0 Å². The maximum atomic E-state index is 11.0. The molecular formula is C10H12ClNO2. The molecule has 1 aromatic carbocycles. The summed E-state index contributed by atoms with van der Waals surface area (Å²) in [5.41, 5.74) is 1.35. The lowest BCUT2D eigenvalue weighted by molar-refractivity contribution is 0.107. The molecule has 0 aromatic heterocycles. The lowest BCUT2D eigenvalue weighted by Gasteiger charge is -2.14. The van der Waals surface area contributed by atoms with Crippen molar-refractivity contribution in [1.82, 2.24) is 0 Å². The van der Waals surface area contributed by atoms with Gasteiger partial charge in [-0.05, 0) is 23.7 Å². The second kappa shape index (κ2) is 4.33. The van der Waals surface area contributed by atoms with Crippen molar-refractivity contribution in [2.24, 2.45) is 0 Å². The lowest BCUT2D eigenvalue weighted by atomic mass is 10.2. The molecule has 0 bridgehead atoms. The fraction of sp³-hybridized carbons (Fsp3) is 0.300. The van der Waals surface area contributed by atoms with E-state index in [-0.39, 0.29) is 0 Å². The Kier molecular flexibility index (Phi) is 3.36. The van der Waals surface area contributed by atoms with Crippen LogP contribution in [0.3, 0.4) is 0 Å². The van der Waals surface area contributed by atoms with Crippen LogP contribution in [0, 0.1) is 0 Å². The average molecular weight is 214 g/mol. The van der Waals surface area contributed by atoms with Crippen LogP contribution in [0.2, 0.25) is 0 Å². The van der Waals surface area contributed by atoms with E-state index in [0.29, 0.717) is 11.3 Å². The second-order valence-corrected chi connectivity index (χ2v) is 3.40. The number of methoxy groups -OCH3 is 1. The van der Waals surface area contributed by atoms with Gasteiger partial charge in [0.05, 0.1) is 12.7 Å². The fourth-order valence-corrected chi connectivity index (χ4v) is 1.28. The maximum absolute atomic E-state index is 11.0. The molecule has 0 atom stereocenters. The summed E-state index contributed by atoms with van der Waals surface area (Å²) in [7, 11) is 5.34. The first-order valence-corrected chi connectivity index (χ1v) is 4.49. The van der Waals surface area contributed by atoms with Crippen molar-refractivity contribution < 1.29 is 9.53 Å². The van der Waals surface area contributed by atoms with Crippen LogP contribution in [0.15, 0.2) is 18.2 Å². The number of rotatable bonds is 3. The molecule has 3 nitrogen and oxygen atoms in total. The molecule has 0 radical (unpaired) electrons. The van der Waals surface area contributed by atoms with E-state index in [2.05, 4.69) is 0 Å².